The minimum atomic E-state index is 0. The highest BCUT2D eigenvalue weighted by Gasteiger charge is 2.18. The Hall–Kier alpha value is -2.75. The molecule has 0 saturated heterocycles. The van der Waals surface area contributed by atoms with Gasteiger partial charge in [0.05, 0.1) is 34.0 Å². The van der Waals surface area contributed by atoms with Crippen molar-refractivity contribution in [2.75, 3.05) is 47.6 Å². The van der Waals surface area contributed by atoms with Gasteiger partial charge in [0, 0.05) is 0 Å². The number of hydrazone groups is 1. The average Bonchev–Trinajstić information content (AvgIpc) is 3.03. The van der Waals surface area contributed by atoms with Gasteiger partial charge in [-0.2, -0.15) is 0 Å². The number of hydrogen-bond acceptors (Lipinski definition) is 9. The first-order valence-electron chi connectivity index (χ1n) is 15.3. The van der Waals surface area contributed by atoms with Crippen LogP contribution in [-0.4, -0.2) is 65.4 Å². The lowest BCUT2D eigenvalue weighted by atomic mass is 9.90. The Morgan fingerprint density at radius 3 is 2.14 bits per heavy atom. The molecule has 250 valence electrons. The van der Waals surface area contributed by atoms with E-state index < -0.39 is 0 Å². The molecule has 0 amide bonds. The lowest BCUT2D eigenvalue weighted by Crippen LogP contribution is -2.29. The van der Waals surface area contributed by atoms with Gasteiger partial charge in [0.2, 0.25) is 11.6 Å². The maximum atomic E-state index is 8.00. The molecule has 1 saturated carbocycles. The molecule has 0 unspecified atom stereocenters. The third kappa shape index (κ3) is 22.5. The third-order valence-corrected chi connectivity index (χ3v) is 5.93. The molecule has 0 radical (unpaired) electrons. The SMILES string of the molecule is C=CCCc1cc(OC)c(OC)c(OCC2CCCCC2)c1.C=O.CCC.CCCOC1=NN(N)CC=C1.CCNC.Cl. The van der Waals surface area contributed by atoms with Gasteiger partial charge in [0.15, 0.2) is 11.5 Å². The molecular formula is C33H61ClN4O5. The van der Waals surface area contributed by atoms with Crippen molar-refractivity contribution in [3.63, 3.8) is 0 Å². The van der Waals surface area contributed by atoms with Crippen LogP contribution in [-0.2, 0) is 16.0 Å². The van der Waals surface area contributed by atoms with Crippen molar-refractivity contribution in [2.24, 2.45) is 16.9 Å². The van der Waals surface area contributed by atoms with Gasteiger partial charge in [-0.15, -0.1) is 24.1 Å². The molecule has 3 rings (SSSR count). The molecule has 0 aromatic heterocycles. The maximum Gasteiger partial charge on any atom is 0.232 e. The first-order chi connectivity index (χ1) is 20.4. The number of hydrazine groups is 1. The van der Waals surface area contributed by atoms with E-state index in [0.29, 0.717) is 30.7 Å². The van der Waals surface area contributed by atoms with E-state index in [-0.39, 0.29) is 12.4 Å². The molecule has 0 atom stereocenters. The number of ether oxygens (including phenoxy) is 4. The zero-order chi connectivity index (χ0) is 32.0. The van der Waals surface area contributed by atoms with Crippen LogP contribution in [0, 0.1) is 5.92 Å². The fourth-order valence-electron chi connectivity index (χ4n) is 3.81. The Bertz CT molecular complexity index is 847. The van der Waals surface area contributed by atoms with Gasteiger partial charge in [-0.3, -0.25) is 0 Å². The topological polar surface area (TPSA) is 108 Å². The number of rotatable bonds is 11. The summed E-state index contributed by atoms with van der Waals surface area (Å²) >= 11 is 0. The number of carbonyl (C=O) groups is 1. The first kappa shape index (κ1) is 44.7. The van der Waals surface area contributed by atoms with E-state index in [1.54, 1.807) is 14.2 Å². The molecule has 2 aliphatic rings. The quantitative estimate of drug-likeness (QED) is 0.197. The van der Waals surface area contributed by atoms with Crippen LogP contribution in [0.15, 0.2) is 42.0 Å². The molecule has 1 aliphatic heterocycles. The molecule has 1 aliphatic carbocycles. The monoisotopic (exact) mass is 628 g/mol. The molecule has 1 heterocycles. The second-order valence-electron chi connectivity index (χ2n) is 9.70. The van der Waals surface area contributed by atoms with Crippen LogP contribution in [0.4, 0.5) is 0 Å². The Kier molecular flexibility index (Phi) is 33.4. The van der Waals surface area contributed by atoms with Crippen LogP contribution in [0.25, 0.3) is 0 Å². The highest BCUT2D eigenvalue weighted by molar-refractivity contribution is 5.87. The second kappa shape index (κ2) is 32.2. The highest BCUT2D eigenvalue weighted by Crippen LogP contribution is 2.39. The van der Waals surface area contributed by atoms with Crippen molar-refractivity contribution in [1.29, 1.82) is 0 Å². The van der Waals surface area contributed by atoms with Crippen molar-refractivity contribution < 1.29 is 23.7 Å². The van der Waals surface area contributed by atoms with Crippen LogP contribution >= 0.6 is 12.4 Å². The Balaban J connectivity index is -0.000000636. The van der Waals surface area contributed by atoms with Crippen molar-refractivity contribution >= 4 is 25.1 Å². The summed E-state index contributed by atoms with van der Waals surface area (Å²) in [6, 6.07) is 4.10. The van der Waals surface area contributed by atoms with Crippen molar-refractivity contribution in [2.45, 2.75) is 85.5 Å². The Morgan fingerprint density at radius 2 is 1.65 bits per heavy atom. The molecule has 1 fully saturated rings. The van der Waals surface area contributed by atoms with Gasteiger partial charge in [-0.05, 0) is 75.4 Å². The predicted octanol–water partition coefficient (Wildman–Crippen LogP) is 7.13. The Labute approximate surface area is 268 Å². The minimum Gasteiger partial charge on any atom is -0.493 e. The number of nitrogens with two attached hydrogens (primary N) is 1. The summed E-state index contributed by atoms with van der Waals surface area (Å²) in [5.41, 5.74) is 1.19. The van der Waals surface area contributed by atoms with Crippen LogP contribution in [0.2, 0.25) is 0 Å². The Morgan fingerprint density at radius 1 is 1.05 bits per heavy atom. The molecule has 9 nitrogen and oxygen atoms in total. The van der Waals surface area contributed by atoms with Crippen molar-refractivity contribution in [3.8, 4) is 17.2 Å². The molecule has 0 spiro atoms. The number of nitrogens with zero attached hydrogens (tertiary/aromatic N) is 2. The van der Waals surface area contributed by atoms with Crippen LogP contribution in [0.5, 0.6) is 17.2 Å². The van der Waals surface area contributed by atoms with E-state index in [4.69, 9.17) is 29.6 Å². The molecule has 1 aromatic rings. The number of methoxy groups -OCH3 is 2. The van der Waals surface area contributed by atoms with E-state index >= 15 is 0 Å². The number of aryl methyl sites for hydroxylation is 1. The van der Waals surface area contributed by atoms with Crippen LogP contribution < -0.4 is 25.4 Å². The summed E-state index contributed by atoms with van der Waals surface area (Å²) in [6.45, 7) is 17.3. The predicted molar refractivity (Wildman–Crippen MR) is 184 cm³/mol. The van der Waals surface area contributed by atoms with Crippen LogP contribution in [0.1, 0.15) is 84.6 Å². The number of allylic oxidation sites excluding steroid dienone is 1. The summed E-state index contributed by atoms with van der Waals surface area (Å²) in [6.07, 6.45) is 16.4. The normalized spacial score (nSPS) is 13.3. The smallest absolute Gasteiger partial charge is 0.232 e. The summed E-state index contributed by atoms with van der Waals surface area (Å²) in [5, 5.41) is 8.22. The van der Waals surface area contributed by atoms with Gasteiger partial charge < -0.3 is 29.1 Å². The number of halogens is 1. The van der Waals surface area contributed by atoms with E-state index in [1.165, 1.54) is 49.2 Å². The van der Waals surface area contributed by atoms with Gasteiger partial charge in [0.1, 0.15) is 6.79 Å². The van der Waals surface area contributed by atoms with Gasteiger partial charge >= 0.3 is 0 Å². The molecular weight excluding hydrogens is 568 g/mol. The third-order valence-electron chi connectivity index (χ3n) is 5.93. The van der Waals surface area contributed by atoms with Gasteiger partial charge in [-0.1, -0.05) is 65.5 Å². The second-order valence-corrected chi connectivity index (χ2v) is 9.70. The largest absolute Gasteiger partial charge is 0.493 e. The first-order valence-corrected chi connectivity index (χ1v) is 15.3. The summed E-state index contributed by atoms with van der Waals surface area (Å²) in [5.74, 6) is 8.91. The van der Waals surface area contributed by atoms with E-state index in [9.17, 15) is 0 Å². The number of carbonyl (C=O) groups excluding carboxylic acids is 1. The molecule has 3 N–H and O–H groups in total. The van der Waals surface area contributed by atoms with Gasteiger partial charge in [-0.25, -0.2) is 11.0 Å². The number of benzene rings is 1. The lowest BCUT2D eigenvalue weighted by molar-refractivity contribution is -0.0980. The lowest BCUT2D eigenvalue weighted by Gasteiger charge is -2.23. The standard InChI is InChI=1S/C19H28O3.C7H13N3O.C3H9N.C3H8.CH2O.ClH/c1-4-5-9-16-12-17(20-2)19(21-3)18(13-16)22-14-15-10-7-6-8-11-15;1-2-6-11-7-4-3-5-10(8)9-7;1-3-4-2;1-3-2;1-2;/h4,12-13,15H,1,5-11,14H2,2-3H3;3-4H,2,5-6,8H2,1H3;4H,3H2,1-2H3;3H2,1-2H3;1H2;1H. The molecule has 43 heavy (non-hydrogen) atoms. The summed E-state index contributed by atoms with van der Waals surface area (Å²) in [4.78, 5) is 8.00. The number of nitrogens with one attached hydrogen (secondary N) is 1. The maximum absolute atomic E-state index is 8.00. The highest BCUT2D eigenvalue weighted by atomic mass is 35.5. The molecule has 10 heteroatoms. The minimum absolute atomic E-state index is 0. The fraction of sp³-hybridized carbons (Fsp3) is 0.636. The van der Waals surface area contributed by atoms with E-state index in [1.807, 2.05) is 45.1 Å². The summed E-state index contributed by atoms with van der Waals surface area (Å²) in [7, 11) is 5.26. The number of hydrogen-bond donors (Lipinski definition) is 2. The van der Waals surface area contributed by atoms with Crippen molar-refractivity contribution in [1.82, 2.24) is 10.4 Å². The van der Waals surface area contributed by atoms with Gasteiger partial charge in [0.25, 0.3) is 0 Å². The average molecular weight is 629 g/mol. The zero-order valence-corrected chi connectivity index (χ0v) is 28.8. The van der Waals surface area contributed by atoms with Crippen molar-refractivity contribution in [3.05, 3.63) is 42.5 Å². The van der Waals surface area contributed by atoms with E-state index in [2.05, 4.69) is 43.8 Å². The molecule has 1 aromatic carbocycles. The fourth-order valence-corrected chi connectivity index (χ4v) is 3.81. The van der Waals surface area contributed by atoms with Crippen LogP contribution in [0.3, 0.4) is 0 Å². The summed E-state index contributed by atoms with van der Waals surface area (Å²) < 4.78 is 22.3. The zero-order valence-electron chi connectivity index (χ0n) is 28.0. The van der Waals surface area contributed by atoms with E-state index in [0.717, 1.165) is 43.9 Å². The molecule has 0 bridgehead atoms.